The Balaban J connectivity index is 1.64. The van der Waals surface area contributed by atoms with E-state index in [1.54, 1.807) is 61.9 Å². The first-order valence-electron chi connectivity index (χ1n) is 9.53. The number of benzene rings is 2. The fraction of sp³-hybridized carbons (Fsp3) is 0.0870. The third-order valence-corrected chi connectivity index (χ3v) is 7.06. The molecule has 0 saturated heterocycles. The number of carbonyl (C=O) groups is 2. The van der Waals surface area contributed by atoms with Gasteiger partial charge in [-0.15, -0.1) is 0 Å². The Kier molecular flexibility index (Phi) is 6.41. The van der Waals surface area contributed by atoms with Gasteiger partial charge in [0.1, 0.15) is 4.91 Å². The molecule has 3 aromatic rings. The molecule has 1 aliphatic rings. The van der Waals surface area contributed by atoms with Crippen LogP contribution in [-0.4, -0.2) is 27.9 Å². The van der Waals surface area contributed by atoms with Crippen molar-refractivity contribution < 1.29 is 13.8 Å². The molecule has 0 bridgehead atoms. The summed E-state index contributed by atoms with van der Waals surface area (Å²) in [6.45, 7) is 0.332. The summed E-state index contributed by atoms with van der Waals surface area (Å²) in [6.07, 6.45) is 4.82. The van der Waals surface area contributed by atoms with Crippen LogP contribution in [0.5, 0.6) is 0 Å². The third-order valence-electron chi connectivity index (χ3n) is 4.95. The molecule has 32 heavy (non-hydrogen) atoms. The molecule has 1 N–H and O–H groups in total. The average Bonchev–Trinajstić information content (AvgIpc) is 2.81. The fourth-order valence-corrected chi connectivity index (χ4v) is 4.68. The molecule has 0 saturated carbocycles. The number of allylic oxidation sites excluding steroid dienone is 1. The second-order valence-corrected chi connectivity index (χ2v) is 9.33. The predicted octanol–water partition coefficient (Wildman–Crippen LogP) is 4.66. The Morgan fingerprint density at radius 2 is 1.84 bits per heavy atom. The van der Waals surface area contributed by atoms with Crippen LogP contribution in [0.3, 0.4) is 0 Å². The summed E-state index contributed by atoms with van der Waals surface area (Å²) in [4.78, 5) is 29.9. The number of rotatable bonds is 4. The zero-order valence-corrected chi connectivity index (χ0v) is 19.2. The highest BCUT2D eigenvalue weighted by molar-refractivity contribution is 7.91. The lowest BCUT2D eigenvalue weighted by atomic mass is 10.0. The van der Waals surface area contributed by atoms with Crippen molar-refractivity contribution >= 4 is 57.6 Å². The van der Waals surface area contributed by atoms with Crippen LogP contribution in [0, 0.1) is 0 Å². The van der Waals surface area contributed by atoms with Gasteiger partial charge in [0, 0.05) is 37.1 Å². The number of ketones is 1. The Labute approximate surface area is 197 Å². The topological polar surface area (TPSA) is 79.4 Å². The summed E-state index contributed by atoms with van der Waals surface area (Å²) in [5, 5.41) is 3.54. The minimum atomic E-state index is -1.71. The van der Waals surface area contributed by atoms with Crippen molar-refractivity contribution in [1.29, 1.82) is 0 Å². The Bertz CT molecular complexity index is 1280. The number of nitrogens with zero attached hydrogens (tertiary/aromatic N) is 2. The molecule has 2 aromatic carbocycles. The summed E-state index contributed by atoms with van der Waals surface area (Å²) in [6, 6.07) is 13.3. The number of Topliss-reactive ketones (excluding diaryl/α,β-unsaturated/α-hetero) is 1. The molecule has 1 amide bonds. The van der Waals surface area contributed by atoms with E-state index in [1.165, 1.54) is 16.4 Å². The highest BCUT2D eigenvalue weighted by Crippen LogP contribution is 2.34. The maximum atomic E-state index is 13.2. The number of hydrogen-bond donors (Lipinski definition) is 1. The van der Waals surface area contributed by atoms with Crippen LogP contribution < -0.4 is 9.62 Å². The Morgan fingerprint density at radius 1 is 1.09 bits per heavy atom. The van der Waals surface area contributed by atoms with Gasteiger partial charge in [-0.05, 0) is 59.7 Å². The molecule has 0 radical (unpaired) electrons. The zero-order chi connectivity index (χ0) is 22.8. The first kappa shape index (κ1) is 22.2. The Morgan fingerprint density at radius 3 is 2.56 bits per heavy atom. The Hall–Kier alpha value is -3.00. The van der Waals surface area contributed by atoms with Gasteiger partial charge in [0.05, 0.1) is 15.7 Å². The molecule has 0 spiro atoms. The maximum Gasteiger partial charge on any atom is 0.251 e. The molecule has 1 aliphatic heterocycles. The molecule has 4 rings (SSSR count). The minimum Gasteiger partial charge on any atom is -0.348 e. The number of amides is 1. The summed E-state index contributed by atoms with van der Waals surface area (Å²) in [5.41, 5.74) is 2.63. The van der Waals surface area contributed by atoms with Crippen molar-refractivity contribution in [3.8, 4) is 0 Å². The monoisotopic (exact) mass is 485 g/mol. The number of aromatic nitrogens is 1. The van der Waals surface area contributed by atoms with Gasteiger partial charge in [-0.25, -0.2) is 4.21 Å². The second kappa shape index (κ2) is 9.24. The molecule has 1 unspecified atom stereocenters. The van der Waals surface area contributed by atoms with E-state index in [-0.39, 0.29) is 10.8 Å². The van der Waals surface area contributed by atoms with E-state index < -0.39 is 16.8 Å². The largest absolute Gasteiger partial charge is 0.348 e. The van der Waals surface area contributed by atoms with Crippen molar-refractivity contribution in [1.82, 2.24) is 10.3 Å². The van der Waals surface area contributed by atoms with Crippen LogP contribution >= 0.6 is 23.2 Å². The third kappa shape index (κ3) is 4.46. The molecule has 9 heteroatoms. The van der Waals surface area contributed by atoms with E-state index in [0.29, 0.717) is 39.0 Å². The molecule has 1 atom stereocenters. The van der Waals surface area contributed by atoms with Crippen LogP contribution in [0.4, 0.5) is 5.69 Å². The number of anilines is 1. The lowest BCUT2D eigenvalue weighted by molar-refractivity contribution is 0.0951. The van der Waals surface area contributed by atoms with E-state index in [1.807, 2.05) is 0 Å². The highest BCUT2D eigenvalue weighted by atomic mass is 35.5. The van der Waals surface area contributed by atoms with E-state index in [0.717, 1.165) is 5.56 Å². The molecular weight excluding hydrogens is 469 g/mol. The van der Waals surface area contributed by atoms with Gasteiger partial charge in [-0.1, -0.05) is 29.3 Å². The van der Waals surface area contributed by atoms with Gasteiger partial charge >= 0.3 is 0 Å². The molecule has 0 fully saturated rings. The molecule has 162 valence electrons. The normalized spacial score (nSPS) is 16.7. The lowest BCUT2D eigenvalue weighted by Crippen LogP contribution is -2.32. The van der Waals surface area contributed by atoms with Gasteiger partial charge < -0.3 is 5.32 Å². The van der Waals surface area contributed by atoms with E-state index in [2.05, 4.69) is 10.3 Å². The van der Waals surface area contributed by atoms with Gasteiger partial charge in [0.15, 0.2) is 11.0 Å². The first-order chi connectivity index (χ1) is 15.3. The first-order valence-corrected chi connectivity index (χ1v) is 11.4. The average molecular weight is 486 g/mol. The minimum absolute atomic E-state index is 0.0905. The van der Waals surface area contributed by atoms with Crippen molar-refractivity contribution in [3.63, 3.8) is 0 Å². The molecule has 2 heterocycles. The second-order valence-electron chi connectivity index (χ2n) is 7.03. The summed E-state index contributed by atoms with van der Waals surface area (Å²) >= 11 is 12.0. The van der Waals surface area contributed by atoms with Crippen molar-refractivity contribution in [2.24, 2.45) is 0 Å². The van der Waals surface area contributed by atoms with Crippen LogP contribution in [0.25, 0.3) is 6.08 Å². The smallest absolute Gasteiger partial charge is 0.251 e. The summed E-state index contributed by atoms with van der Waals surface area (Å²) < 4.78 is 14.4. The van der Waals surface area contributed by atoms with Crippen LogP contribution in [0.2, 0.25) is 10.0 Å². The number of fused-ring (bicyclic) bond motifs is 1. The van der Waals surface area contributed by atoms with Gasteiger partial charge in [-0.3, -0.25) is 18.9 Å². The fourth-order valence-electron chi connectivity index (χ4n) is 3.24. The molecule has 0 aliphatic carbocycles. The summed E-state index contributed by atoms with van der Waals surface area (Å²) in [5.74, 6) is -0.729. The number of nitrogens with one attached hydrogen (secondary N) is 1. The van der Waals surface area contributed by atoms with Crippen LogP contribution in [0.1, 0.15) is 31.8 Å². The predicted molar refractivity (Wildman–Crippen MR) is 127 cm³/mol. The van der Waals surface area contributed by atoms with E-state index in [9.17, 15) is 13.8 Å². The van der Waals surface area contributed by atoms with Gasteiger partial charge in [0.25, 0.3) is 5.91 Å². The lowest BCUT2D eigenvalue weighted by Gasteiger charge is -2.27. The van der Waals surface area contributed by atoms with Gasteiger partial charge in [-0.2, -0.15) is 0 Å². The number of hydrogen-bond acceptors (Lipinski definition) is 4. The van der Waals surface area contributed by atoms with Crippen LogP contribution in [0.15, 0.2) is 65.8 Å². The SMILES string of the molecule is CN1c2ccc(C(=O)NCc3ccncc3)cc2C(=O)/C(=C/c2ccc(Cl)c(Cl)c2)S1=O. The molecule has 1 aromatic heterocycles. The number of carbonyl (C=O) groups excluding carboxylic acids is 2. The number of halogens is 2. The van der Waals surface area contributed by atoms with Crippen molar-refractivity contribution in [2.75, 3.05) is 11.4 Å². The van der Waals surface area contributed by atoms with Crippen LogP contribution in [-0.2, 0) is 17.5 Å². The van der Waals surface area contributed by atoms with Crippen molar-refractivity contribution in [3.05, 3.63) is 98.1 Å². The molecular formula is C23H17Cl2N3O3S. The number of pyridine rings is 1. The quantitative estimate of drug-likeness (QED) is 0.545. The summed E-state index contributed by atoms with van der Waals surface area (Å²) in [7, 11) is -0.0777. The van der Waals surface area contributed by atoms with Crippen molar-refractivity contribution in [2.45, 2.75) is 6.54 Å². The maximum absolute atomic E-state index is 13.2. The van der Waals surface area contributed by atoms with E-state index >= 15 is 0 Å². The van der Waals surface area contributed by atoms with E-state index in [4.69, 9.17) is 23.2 Å². The zero-order valence-electron chi connectivity index (χ0n) is 16.8. The standard InChI is InChI=1S/C23H17Cl2N3O3S/c1-28-20-5-3-16(23(30)27-13-14-6-8-26-9-7-14)12-17(20)22(29)21(32(28)31)11-15-2-4-18(24)19(25)10-15/h2-12H,13H2,1H3,(H,27,30)/b21-11-. The highest BCUT2D eigenvalue weighted by Gasteiger charge is 2.32. The molecule has 6 nitrogen and oxygen atoms in total. The van der Waals surface area contributed by atoms with Gasteiger partial charge in [0.2, 0.25) is 5.78 Å².